The fraction of sp³-hybridized carbons (Fsp3) is 0.609. The van der Waals surface area contributed by atoms with E-state index in [9.17, 15) is 22.8 Å². The minimum Gasteiger partial charge on any atom is -0.341 e. The lowest BCUT2D eigenvalue weighted by Crippen LogP contribution is -2.44. The molecule has 0 bridgehead atoms. The summed E-state index contributed by atoms with van der Waals surface area (Å²) in [6, 6.07) is 4.16. The molecule has 1 aromatic heterocycles. The van der Waals surface area contributed by atoms with Gasteiger partial charge in [0.1, 0.15) is 6.54 Å². The van der Waals surface area contributed by atoms with Gasteiger partial charge in [0.15, 0.2) is 0 Å². The number of fused-ring (bicyclic) bond motifs is 1. The van der Waals surface area contributed by atoms with Crippen molar-refractivity contribution in [1.29, 1.82) is 0 Å². The van der Waals surface area contributed by atoms with Crippen molar-refractivity contribution in [1.82, 2.24) is 23.7 Å². The van der Waals surface area contributed by atoms with Gasteiger partial charge in [-0.15, -0.1) is 0 Å². The number of hydrogen-bond acceptors (Lipinski definition) is 6. The van der Waals surface area contributed by atoms with Crippen molar-refractivity contribution in [2.24, 2.45) is 7.05 Å². The molecule has 2 saturated heterocycles. The Morgan fingerprint density at radius 1 is 0.971 bits per heavy atom. The summed E-state index contributed by atoms with van der Waals surface area (Å²) in [5, 5.41) is 0.0909. The van der Waals surface area contributed by atoms with E-state index in [2.05, 4.69) is 9.62 Å². The van der Waals surface area contributed by atoms with Crippen LogP contribution in [0.25, 0.3) is 10.9 Å². The van der Waals surface area contributed by atoms with Gasteiger partial charge < -0.3 is 9.80 Å². The molecular formula is C23H33N5O5S. The van der Waals surface area contributed by atoms with Gasteiger partial charge in [0.25, 0.3) is 5.56 Å². The van der Waals surface area contributed by atoms with Gasteiger partial charge >= 0.3 is 5.69 Å². The van der Waals surface area contributed by atoms with E-state index < -0.39 is 21.3 Å². The third-order valence-corrected chi connectivity index (χ3v) is 8.26. The molecule has 11 heteroatoms. The molecule has 0 unspecified atom stereocenters. The van der Waals surface area contributed by atoms with Crippen LogP contribution in [0.1, 0.15) is 38.5 Å². The van der Waals surface area contributed by atoms with Gasteiger partial charge in [-0.2, -0.15) is 0 Å². The first-order chi connectivity index (χ1) is 16.3. The largest absolute Gasteiger partial charge is 0.341 e. The van der Waals surface area contributed by atoms with Gasteiger partial charge in [0.05, 0.1) is 15.8 Å². The summed E-state index contributed by atoms with van der Waals surface area (Å²) in [4.78, 5) is 42.8. The van der Waals surface area contributed by atoms with Crippen LogP contribution in [-0.2, 0) is 28.4 Å². The minimum atomic E-state index is -3.83. The van der Waals surface area contributed by atoms with E-state index in [1.54, 1.807) is 4.90 Å². The lowest BCUT2D eigenvalue weighted by atomic mass is 10.2. The van der Waals surface area contributed by atoms with E-state index in [1.807, 2.05) is 0 Å². The van der Waals surface area contributed by atoms with Crippen molar-refractivity contribution in [2.75, 3.05) is 39.3 Å². The van der Waals surface area contributed by atoms with Gasteiger partial charge in [-0.25, -0.2) is 17.9 Å². The van der Waals surface area contributed by atoms with Crippen molar-refractivity contribution in [3.8, 4) is 0 Å². The maximum absolute atomic E-state index is 13.2. The van der Waals surface area contributed by atoms with Crippen molar-refractivity contribution in [3.63, 3.8) is 0 Å². The van der Waals surface area contributed by atoms with Crippen LogP contribution in [0, 0.1) is 0 Å². The van der Waals surface area contributed by atoms with Gasteiger partial charge in [0, 0.05) is 33.2 Å². The molecular weight excluding hydrogens is 458 g/mol. The van der Waals surface area contributed by atoms with Crippen LogP contribution in [0.5, 0.6) is 0 Å². The molecule has 34 heavy (non-hydrogen) atoms. The van der Waals surface area contributed by atoms with Crippen LogP contribution in [0.4, 0.5) is 0 Å². The van der Waals surface area contributed by atoms with Gasteiger partial charge in [0.2, 0.25) is 15.9 Å². The Morgan fingerprint density at radius 3 is 2.29 bits per heavy atom. The summed E-state index contributed by atoms with van der Waals surface area (Å²) in [5.41, 5.74) is -0.931. The second-order valence-corrected chi connectivity index (χ2v) is 10.9. The van der Waals surface area contributed by atoms with E-state index in [-0.39, 0.29) is 29.3 Å². The quantitative estimate of drug-likeness (QED) is 0.603. The molecule has 186 valence electrons. The third-order valence-electron chi connectivity index (χ3n) is 6.80. The Hall–Kier alpha value is -2.50. The van der Waals surface area contributed by atoms with E-state index >= 15 is 0 Å². The number of likely N-dealkylation sites (tertiary alicyclic amines) is 2. The summed E-state index contributed by atoms with van der Waals surface area (Å²) in [6.07, 6.45) is 6.19. The normalized spacial score (nSPS) is 17.9. The van der Waals surface area contributed by atoms with Crippen molar-refractivity contribution in [2.45, 2.75) is 50.0 Å². The van der Waals surface area contributed by atoms with Gasteiger partial charge in [-0.3, -0.25) is 18.7 Å². The molecule has 2 aliphatic rings. The molecule has 0 saturated carbocycles. The fourth-order valence-corrected chi connectivity index (χ4v) is 5.83. The second kappa shape index (κ2) is 10.4. The Morgan fingerprint density at radius 2 is 1.62 bits per heavy atom. The standard InChI is InChI=1S/C23H33N5O5S/c1-25-20-9-8-18(34(32,33)24-10-15-26-11-6-7-12-26)16-19(20)22(30)28(23(25)31)17-21(29)27-13-4-2-3-5-14-27/h8-9,16,24H,2-7,10-15,17H2,1H3. The molecule has 2 aliphatic heterocycles. The smallest absolute Gasteiger partial charge is 0.331 e. The number of amides is 1. The Kier molecular flexibility index (Phi) is 7.54. The number of hydrogen-bond donors (Lipinski definition) is 1. The lowest BCUT2D eigenvalue weighted by molar-refractivity contribution is -0.131. The van der Waals surface area contributed by atoms with Crippen LogP contribution in [0.3, 0.4) is 0 Å². The number of sulfonamides is 1. The Labute approximate surface area is 199 Å². The first-order valence-electron chi connectivity index (χ1n) is 12.0. The van der Waals surface area contributed by atoms with Crippen LogP contribution >= 0.6 is 0 Å². The Balaban J connectivity index is 1.60. The molecule has 0 atom stereocenters. The molecule has 3 heterocycles. The molecule has 0 aliphatic carbocycles. The van der Waals surface area contributed by atoms with E-state index in [1.165, 1.54) is 29.8 Å². The first-order valence-corrected chi connectivity index (χ1v) is 13.5. The summed E-state index contributed by atoms with van der Waals surface area (Å²) >= 11 is 0. The summed E-state index contributed by atoms with van der Waals surface area (Å²) in [7, 11) is -2.31. The molecule has 10 nitrogen and oxygen atoms in total. The average molecular weight is 492 g/mol. The number of nitrogens with one attached hydrogen (secondary N) is 1. The highest BCUT2D eigenvalue weighted by molar-refractivity contribution is 7.89. The van der Waals surface area contributed by atoms with Crippen LogP contribution < -0.4 is 16.0 Å². The minimum absolute atomic E-state index is 0.0393. The first kappa shape index (κ1) is 24.6. The zero-order chi connectivity index (χ0) is 24.3. The number of aryl methyl sites for hydroxylation is 1. The summed E-state index contributed by atoms with van der Waals surface area (Å²) in [5.74, 6) is -0.271. The molecule has 0 spiro atoms. The van der Waals surface area contributed by atoms with E-state index in [0.29, 0.717) is 25.2 Å². The topological polar surface area (TPSA) is 114 Å². The monoisotopic (exact) mass is 491 g/mol. The predicted octanol–water partition coefficient (Wildman–Crippen LogP) is 0.477. The SMILES string of the molecule is Cn1c(=O)n(CC(=O)N2CCCCCC2)c(=O)c2cc(S(=O)(=O)NCCN3CCCC3)ccc21. The molecule has 0 radical (unpaired) electrons. The molecule has 4 rings (SSSR count). The van der Waals surface area contributed by atoms with Gasteiger partial charge in [-0.05, 0) is 57.0 Å². The summed E-state index contributed by atoms with van der Waals surface area (Å²) < 4.78 is 30.5. The van der Waals surface area contributed by atoms with Crippen molar-refractivity contribution in [3.05, 3.63) is 39.0 Å². The Bertz CT molecular complexity index is 1270. The molecule has 2 aromatic rings. The second-order valence-electron chi connectivity index (χ2n) is 9.15. The van der Waals surface area contributed by atoms with Gasteiger partial charge in [-0.1, -0.05) is 12.8 Å². The number of rotatable bonds is 7. The summed E-state index contributed by atoms with van der Waals surface area (Å²) in [6.45, 7) is 3.74. The third kappa shape index (κ3) is 5.26. The maximum Gasteiger partial charge on any atom is 0.331 e. The molecule has 1 aromatic carbocycles. The highest BCUT2D eigenvalue weighted by atomic mass is 32.2. The number of nitrogens with zero attached hydrogens (tertiary/aromatic N) is 4. The van der Waals surface area contributed by atoms with Crippen molar-refractivity contribution >= 4 is 26.8 Å². The zero-order valence-corrected chi connectivity index (χ0v) is 20.5. The van der Waals surface area contributed by atoms with Crippen molar-refractivity contribution < 1.29 is 13.2 Å². The number of aromatic nitrogens is 2. The average Bonchev–Trinajstić information content (AvgIpc) is 3.19. The number of carbonyl (C=O) groups is 1. The lowest BCUT2D eigenvalue weighted by Gasteiger charge is -2.21. The highest BCUT2D eigenvalue weighted by Crippen LogP contribution is 2.16. The maximum atomic E-state index is 13.2. The molecule has 2 fully saturated rings. The highest BCUT2D eigenvalue weighted by Gasteiger charge is 2.22. The van der Waals surface area contributed by atoms with E-state index in [4.69, 9.17) is 0 Å². The zero-order valence-electron chi connectivity index (χ0n) is 19.7. The predicted molar refractivity (Wildman–Crippen MR) is 129 cm³/mol. The van der Waals surface area contributed by atoms with Crippen LogP contribution in [0.2, 0.25) is 0 Å². The van der Waals surface area contributed by atoms with Crippen LogP contribution in [0.15, 0.2) is 32.7 Å². The molecule has 1 N–H and O–H groups in total. The number of benzene rings is 1. The molecule has 1 amide bonds. The number of carbonyl (C=O) groups excluding carboxylic acids is 1. The van der Waals surface area contributed by atoms with E-state index in [0.717, 1.165) is 56.2 Å². The van der Waals surface area contributed by atoms with Crippen LogP contribution in [-0.4, -0.2) is 72.5 Å². The fourth-order valence-electron chi connectivity index (χ4n) is 4.78.